The molecule has 0 radical (unpaired) electrons. The summed E-state index contributed by atoms with van der Waals surface area (Å²) in [6.07, 6.45) is 14.7. The third kappa shape index (κ3) is 2.91. The van der Waals surface area contributed by atoms with Crippen LogP contribution >= 0.6 is 0 Å². The van der Waals surface area contributed by atoms with Crippen LogP contribution in [0.5, 0.6) is 0 Å². The second-order valence-corrected chi connectivity index (χ2v) is 8.52. The maximum absolute atomic E-state index is 12.3. The number of hydrogen-bond acceptors (Lipinski definition) is 2. The molecule has 4 nitrogen and oxygen atoms in total. The van der Waals surface area contributed by atoms with Crippen molar-refractivity contribution in [1.29, 1.82) is 0 Å². The number of allylic oxidation sites excluding steroid dienone is 1. The summed E-state index contributed by atoms with van der Waals surface area (Å²) in [4.78, 5) is 16.6. The lowest BCUT2D eigenvalue weighted by atomic mass is 9.48. The van der Waals surface area contributed by atoms with E-state index in [4.69, 9.17) is 0 Å². The molecule has 4 aliphatic rings. The predicted molar refractivity (Wildman–Crippen MR) is 94.3 cm³/mol. The van der Waals surface area contributed by atoms with Gasteiger partial charge in [0.1, 0.15) is 5.82 Å². The first kappa shape index (κ1) is 15.9. The fourth-order valence-electron chi connectivity index (χ4n) is 5.93. The Morgan fingerprint density at radius 3 is 2.46 bits per heavy atom. The van der Waals surface area contributed by atoms with Crippen molar-refractivity contribution in [3.63, 3.8) is 0 Å². The standard InChI is InChI=1S/C20H29N3O/c1-14(7-19(24)22-4-3-18-21-5-6-23(18)2)20-11-15-8-16(12-20)10-17(9-15)13-20/h5-7,15-17H,3-4,8-13H2,1-2H3,(H,22,24)/b14-7+. The van der Waals surface area contributed by atoms with Gasteiger partial charge in [-0.25, -0.2) is 4.98 Å². The monoisotopic (exact) mass is 327 g/mol. The van der Waals surface area contributed by atoms with Crippen molar-refractivity contribution in [1.82, 2.24) is 14.9 Å². The molecule has 4 bridgehead atoms. The minimum absolute atomic E-state index is 0.0671. The molecule has 0 aliphatic heterocycles. The van der Waals surface area contributed by atoms with E-state index >= 15 is 0 Å². The van der Waals surface area contributed by atoms with Crippen LogP contribution in [0.15, 0.2) is 24.0 Å². The van der Waals surface area contributed by atoms with E-state index in [1.807, 2.05) is 23.9 Å². The lowest BCUT2D eigenvalue weighted by molar-refractivity contribution is -0.116. The average molecular weight is 327 g/mol. The van der Waals surface area contributed by atoms with Gasteiger partial charge in [-0.3, -0.25) is 4.79 Å². The van der Waals surface area contributed by atoms with Crippen LogP contribution in [-0.2, 0) is 18.3 Å². The van der Waals surface area contributed by atoms with Crippen LogP contribution in [0.25, 0.3) is 0 Å². The zero-order valence-corrected chi connectivity index (χ0v) is 14.9. The Morgan fingerprint density at radius 2 is 1.92 bits per heavy atom. The molecule has 1 heterocycles. The number of imidazole rings is 1. The molecule has 5 rings (SSSR count). The van der Waals surface area contributed by atoms with E-state index in [0.717, 1.165) is 30.0 Å². The molecule has 24 heavy (non-hydrogen) atoms. The van der Waals surface area contributed by atoms with E-state index in [1.54, 1.807) is 6.20 Å². The number of rotatable bonds is 5. The van der Waals surface area contributed by atoms with Gasteiger partial charge in [0.2, 0.25) is 5.91 Å². The number of aromatic nitrogens is 2. The van der Waals surface area contributed by atoms with Crippen LogP contribution in [-0.4, -0.2) is 22.0 Å². The van der Waals surface area contributed by atoms with Crippen LogP contribution in [0.2, 0.25) is 0 Å². The normalized spacial score (nSPS) is 34.6. The molecule has 4 saturated carbocycles. The molecule has 1 aromatic rings. The third-order valence-corrected chi connectivity index (χ3v) is 6.79. The number of nitrogens with zero attached hydrogens (tertiary/aromatic N) is 2. The molecule has 0 spiro atoms. The number of amides is 1. The SMILES string of the molecule is C/C(=C\C(=O)NCCc1nccn1C)C12CC3CC(CC(C3)C1)C2. The fraction of sp³-hybridized carbons (Fsp3) is 0.700. The van der Waals surface area contributed by atoms with Crippen LogP contribution in [0, 0.1) is 23.2 Å². The number of hydrogen-bond donors (Lipinski definition) is 1. The summed E-state index contributed by atoms with van der Waals surface area (Å²) in [5, 5.41) is 3.04. The maximum atomic E-state index is 12.3. The minimum atomic E-state index is 0.0671. The van der Waals surface area contributed by atoms with E-state index in [9.17, 15) is 4.79 Å². The molecule has 130 valence electrons. The highest BCUT2D eigenvalue weighted by Gasteiger charge is 2.51. The molecular formula is C20H29N3O. The van der Waals surface area contributed by atoms with Gasteiger partial charge in [-0.05, 0) is 68.6 Å². The predicted octanol–water partition coefficient (Wildman–Crippen LogP) is 3.24. The molecule has 0 aromatic carbocycles. The highest BCUT2D eigenvalue weighted by molar-refractivity contribution is 5.88. The van der Waals surface area contributed by atoms with Gasteiger partial charge >= 0.3 is 0 Å². The van der Waals surface area contributed by atoms with Crippen LogP contribution in [0.3, 0.4) is 0 Å². The summed E-state index contributed by atoms with van der Waals surface area (Å²) in [5.41, 5.74) is 1.67. The molecule has 0 unspecified atom stereocenters. The average Bonchev–Trinajstić information content (AvgIpc) is 2.91. The second kappa shape index (κ2) is 6.05. The third-order valence-electron chi connectivity index (χ3n) is 6.79. The molecule has 1 aromatic heterocycles. The minimum Gasteiger partial charge on any atom is -0.352 e. The molecule has 4 aliphatic carbocycles. The van der Waals surface area contributed by atoms with Gasteiger partial charge < -0.3 is 9.88 Å². The van der Waals surface area contributed by atoms with Crippen LogP contribution in [0.1, 0.15) is 51.3 Å². The first-order valence-corrected chi connectivity index (χ1v) is 9.47. The number of carbonyl (C=O) groups excluding carboxylic acids is 1. The van der Waals surface area contributed by atoms with Gasteiger partial charge in [-0.1, -0.05) is 5.57 Å². The van der Waals surface area contributed by atoms with Crippen LogP contribution < -0.4 is 5.32 Å². The Hall–Kier alpha value is -1.58. The lowest BCUT2D eigenvalue weighted by Gasteiger charge is -2.57. The number of carbonyl (C=O) groups is 1. The number of nitrogens with one attached hydrogen (secondary N) is 1. The highest BCUT2D eigenvalue weighted by atomic mass is 16.1. The summed E-state index contributed by atoms with van der Waals surface area (Å²) in [6, 6.07) is 0. The summed E-state index contributed by atoms with van der Waals surface area (Å²) in [6.45, 7) is 2.85. The molecule has 0 atom stereocenters. The Morgan fingerprint density at radius 1 is 1.29 bits per heavy atom. The van der Waals surface area contributed by atoms with Crippen molar-refractivity contribution < 1.29 is 4.79 Å². The second-order valence-electron chi connectivity index (χ2n) is 8.52. The van der Waals surface area contributed by atoms with Crippen molar-refractivity contribution in [2.75, 3.05) is 6.54 Å². The molecule has 1 N–H and O–H groups in total. The Bertz CT molecular complexity index is 622. The van der Waals surface area contributed by atoms with Gasteiger partial charge in [-0.2, -0.15) is 0 Å². The summed E-state index contributed by atoms with van der Waals surface area (Å²) in [7, 11) is 1.99. The Kier molecular flexibility index (Phi) is 4.01. The summed E-state index contributed by atoms with van der Waals surface area (Å²) < 4.78 is 2.00. The lowest BCUT2D eigenvalue weighted by Crippen LogP contribution is -2.46. The molecule has 4 fully saturated rings. The van der Waals surface area contributed by atoms with Crippen molar-refractivity contribution in [2.45, 2.75) is 51.9 Å². The van der Waals surface area contributed by atoms with Crippen molar-refractivity contribution in [3.8, 4) is 0 Å². The van der Waals surface area contributed by atoms with E-state index in [2.05, 4.69) is 17.2 Å². The number of aryl methyl sites for hydroxylation is 1. The Labute approximate surface area is 144 Å². The molecular weight excluding hydrogens is 298 g/mol. The zero-order valence-electron chi connectivity index (χ0n) is 14.9. The summed E-state index contributed by atoms with van der Waals surface area (Å²) >= 11 is 0. The molecule has 0 saturated heterocycles. The smallest absolute Gasteiger partial charge is 0.243 e. The van der Waals surface area contributed by atoms with Crippen molar-refractivity contribution >= 4 is 5.91 Å². The first-order chi connectivity index (χ1) is 11.5. The first-order valence-electron chi connectivity index (χ1n) is 9.47. The quantitative estimate of drug-likeness (QED) is 0.844. The van der Waals surface area contributed by atoms with E-state index in [-0.39, 0.29) is 5.91 Å². The van der Waals surface area contributed by atoms with Gasteiger partial charge in [0.15, 0.2) is 0 Å². The fourth-order valence-corrected chi connectivity index (χ4v) is 5.93. The van der Waals surface area contributed by atoms with Crippen molar-refractivity contribution in [2.24, 2.45) is 30.2 Å². The van der Waals surface area contributed by atoms with E-state index in [1.165, 1.54) is 44.1 Å². The largest absolute Gasteiger partial charge is 0.352 e. The molecule has 1 amide bonds. The topological polar surface area (TPSA) is 46.9 Å². The summed E-state index contributed by atoms with van der Waals surface area (Å²) in [5.74, 6) is 3.85. The van der Waals surface area contributed by atoms with Gasteiger partial charge in [0.25, 0.3) is 0 Å². The Balaban J connectivity index is 1.36. The van der Waals surface area contributed by atoms with Crippen LogP contribution in [0.4, 0.5) is 0 Å². The van der Waals surface area contributed by atoms with Crippen molar-refractivity contribution in [3.05, 3.63) is 29.9 Å². The van der Waals surface area contributed by atoms with Gasteiger partial charge in [0, 0.05) is 38.5 Å². The molecule has 4 heteroatoms. The highest BCUT2D eigenvalue weighted by Crippen LogP contribution is 2.62. The zero-order chi connectivity index (χ0) is 16.7. The maximum Gasteiger partial charge on any atom is 0.243 e. The van der Waals surface area contributed by atoms with E-state index < -0.39 is 0 Å². The van der Waals surface area contributed by atoms with E-state index in [0.29, 0.717) is 12.0 Å². The van der Waals surface area contributed by atoms with Gasteiger partial charge in [-0.15, -0.1) is 0 Å². The van der Waals surface area contributed by atoms with Gasteiger partial charge in [0.05, 0.1) is 0 Å².